The summed E-state index contributed by atoms with van der Waals surface area (Å²) in [4.78, 5) is 0. The van der Waals surface area contributed by atoms with Crippen molar-refractivity contribution in [1.29, 1.82) is 0 Å². The maximum Gasteiger partial charge on any atom is 0.133 e. The van der Waals surface area contributed by atoms with Gasteiger partial charge in [-0.3, -0.25) is 4.68 Å². The minimum Gasteiger partial charge on any atom is -0.364 e. The van der Waals surface area contributed by atoms with Crippen molar-refractivity contribution in [3.8, 4) is 11.3 Å². The summed E-state index contributed by atoms with van der Waals surface area (Å²) in [6.45, 7) is 6.50. The van der Waals surface area contributed by atoms with Crippen molar-refractivity contribution >= 4 is 0 Å². The van der Waals surface area contributed by atoms with Gasteiger partial charge in [0.1, 0.15) is 6.26 Å². The molecule has 15 heavy (non-hydrogen) atoms. The van der Waals surface area contributed by atoms with E-state index in [4.69, 9.17) is 4.52 Å². The molecule has 2 rings (SSSR count). The van der Waals surface area contributed by atoms with E-state index in [1.54, 1.807) is 12.5 Å². The Morgan fingerprint density at radius 3 is 2.53 bits per heavy atom. The van der Waals surface area contributed by atoms with Gasteiger partial charge in [0.2, 0.25) is 0 Å². The zero-order valence-corrected chi connectivity index (χ0v) is 9.48. The molecule has 0 saturated carbocycles. The maximum atomic E-state index is 4.80. The van der Waals surface area contributed by atoms with Crippen molar-refractivity contribution in [2.45, 2.75) is 26.2 Å². The van der Waals surface area contributed by atoms with Gasteiger partial charge in [-0.2, -0.15) is 5.10 Å². The topological polar surface area (TPSA) is 43.9 Å². The molecule has 0 atom stereocenters. The molecular weight excluding hydrogens is 190 g/mol. The number of rotatable bonds is 1. The average molecular weight is 205 g/mol. The van der Waals surface area contributed by atoms with Gasteiger partial charge in [-0.05, 0) is 6.07 Å². The van der Waals surface area contributed by atoms with Crippen molar-refractivity contribution < 1.29 is 4.52 Å². The van der Waals surface area contributed by atoms with Crippen LogP contribution < -0.4 is 0 Å². The summed E-state index contributed by atoms with van der Waals surface area (Å²) in [6, 6.07) is 2.08. The molecule has 2 aromatic rings. The average Bonchev–Trinajstić information content (AvgIpc) is 2.68. The molecule has 0 radical (unpaired) electrons. The summed E-state index contributed by atoms with van der Waals surface area (Å²) in [6.07, 6.45) is 3.28. The van der Waals surface area contributed by atoms with Crippen molar-refractivity contribution in [3.05, 3.63) is 24.2 Å². The molecule has 2 aromatic heterocycles. The molecule has 0 fully saturated rings. The number of hydrogen-bond acceptors (Lipinski definition) is 3. The van der Waals surface area contributed by atoms with E-state index < -0.39 is 0 Å². The molecule has 2 heterocycles. The minimum atomic E-state index is 0.0944. The Morgan fingerprint density at radius 2 is 2.07 bits per heavy atom. The lowest BCUT2D eigenvalue weighted by Gasteiger charge is -2.17. The van der Waals surface area contributed by atoms with Crippen LogP contribution in [0.4, 0.5) is 0 Å². The van der Waals surface area contributed by atoms with Crippen LogP contribution in [-0.4, -0.2) is 14.9 Å². The van der Waals surface area contributed by atoms with E-state index in [9.17, 15) is 0 Å². The van der Waals surface area contributed by atoms with Crippen LogP contribution in [0, 0.1) is 0 Å². The van der Waals surface area contributed by atoms with E-state index in [1.165, 1.54) is 5.69 Å². The van der Waals surface area contributed by atoms with E-state index in [0.29, 0.717) is 0 Å². The standard InChI is InChI=1S/C11H15N3O/c1-11(2,3)10-5-9(13-14(10)4)8-6-12-15-7-8/h5-7H,1-4H3. The molecule has 4 heteroatoms. The van der Waals surface area contributed by atoms with Gasteiger partial charge >= 0.3 is 0 Å². The summed E-state index contributed by atoms with van der Waals surface area (Å²) in [5, 5.41) is 8.11. The minimum absolute atomic E-state index is 0.0944. The van der Waals surface area contributed by atoms with Crippen LogP contribution in [0.1, 0.15) is 26.5 Å². The first kappa shape index (κ1) is 9.96. The van der Waals surface area contributed by atoms with Crippen LogP contribution in [0.2, 0.25) is 0 Å². The molecule has 0 aliphatic rings. The Morgan fingerprint density at radius 1 is 1.33 bits per heavy atom. The van der Waals surface area contributed by atoms with Crippen LogP contribution in [0.3, 0.4) is 0 Å². The zero-order chi connectivity index (χ0) is 11.1. The van der Waals surface area contributed by atoms with Crippen LogP contribution in [0.15, 0.2) is 23.0 Å². The fourth-order valence-corrected chi connectivity index (χ4v) is 1.64. The molecular formula is C11H15N3O. The summed E-state index contributed by atoms with van der Waals surface area (Å²) in [5.74, 6) is 0. The Labute approximate surface area is 88.9 Å². The predicted molar refractivity (Wildman–Crippen MR) is 57.4 cm³/mol. The Kier molecular flexibility index (Phi) is 2.14. The zero-order valence-electron chi connectivity index (χ0n) is 9.48. The number of aromatic nitrogens is 3. The molecule has 0 aliphatic heterocycles. The van der Waals surface area contributed by atoms with Gasteiger partial charge in [-0.25, -0.2) is 0 Å². The lowest BCUT2D eigenvalue weighted by Crippen LogP contribution is -2.16. The lowest BCUT2D eigenvalue weighted by molar-refractivity contribution is 0.420. The van der Waals surface area contributed by atoms with Crippen molar-refractivity contribution in [3.63, 3.8) is 0 Å². The normalized spacial score (nSPS) is 12.0. The first-order valence-electron chi connectivity index (χ1n) is 4.93. The lowest BCUT2D eigenvalue weighted by atomic mass is 9.92. The van der Waals surface area contributed by atoms with Gasteiger partial charge < -0.3 is 4.52 Å². The number of nitrogens with zero attached hydrogens (tertiary/aromatic N) is 3. The molecule has 0 amide bonds. The van der Waals surface area contributed by atoms with Gasteiger partial charge in [0, 0.05) is 18.2 Å². The van der Waals surface area contributed by atoms with Crippen LogP contribution in [0.25, 0.3) is 11.3 Å². The Bertz CT molecular complexity index is 449. The first-order valence-corrected chi connectivity index (χ1v) is 4.93. The van der Waals surface area contributed by atoms with E-state index >= 15 is 0 Å². The van der Waals surface area contributed by atoms with Crippen molar-refractivity contribution in [2.75, 3.05) is 0 Å². The maximum absolute atomic E-state index is 4.80. The molecule has 0 saturated heterocycles. The highest BCUT2D eigenvalue weighted by molar-refractivity contribution is 5.56. The molecule has 80 valence electrons. The predicted octanol–water partition coefficient (Wildman–Crippen LogP) is 2.37. The first-order chi connectivity index (χ1) is 6.98. The summed E-state index contributed by atoms with van der Waals surface area (Å²) >= 11 is 0. The Hall–Kier alpha value is -1.58. The molecule has 0 unspecified atom stereocenters. The third-order valence-electron chi connectivity index (χ3n) is 2.38. The van der Waals surface area contributed by atoms with Crippen LogP contribution in [0.5, 0.6) is 0 Å². The third-order valence-corrected chi connectivity index (χ3v) is 2.38. The van der Waals surface area contributed by atoms with Gasteiger partial charge in [0.15, 0.2) is 0 Å². The van der Waals surface area contributed by atoms with Crippen molar-refractivity contribution in [2.24, 2.45) is 7.05 Å². The third kappa shape index (κ3) is 1.79. The van der Waals surface area contributed by atoms with E-state index in [2.05, 4.69) is 37.1 Å². The molecule has 0 spiro atoms. The fraction of sp³-hybridized carbons (Fsp3) is 0.455. The summed E-state index contributed by atoms with van der Waals surface area (Å²) < 4.78 is 6.71. The van der Waals surface area contributed by atoms with Gasteiger partial charge in [-0.15, -0.1) is 0 Å². The smallest absolute Gasteiger partial charge is 0.133 e. The SMILES string of the molecule is Cn1nc(-c2cnoc2)cc1C(C)(C)C. The molecule has 0 N–H and O–H groups in total. The second-order valence-electron chi connectivity index (χ2n) is 4.70. The van der Waals surface area contributed by atoms with Gasteiger partial charge in [0.25, 0.3) is 0 Å². The molecule has 4 nitrogen and oxygen atoms in total. The highest BCUT2D eigenvalue weighted by Gasteiger charge is 2.20. The fourth-order valence-electron chi connectivity index (χ4n) is 1.64. The van der Waals surface area contributed by atoms with Crippen molar-refractivity contribution in [1.82, 2.24) is 14.9 Å². The molecule has 0 aromatic carbocycles. The van der Waals surface area contributed by atoms with Crippen LogP contribution in [-0.2, 0) is 12.5 Å². The Balaban J connectivity index is 2.47. The highest BCUT2D eigenvalue weighted by Crippen LogP contribution is 2.26. The van der Waals surface area contributed by atoms with Gasteiger partial charge in [-0.1, -0.05) is 25.9 Å². The second kappa shape index (κ2) is 3.22. The quantitative estimate of drug-likeness (QED) is 0.717. The summed E-state index contributed by atoms with van der Waals surface area (Å²) in [5.41, 5.74) is 3.11. The largest absolute Gasteiger partial charge is 0.364 e. The highest BCUT2D eigenvalue weighted by atomic mass is 16.5. The van der Waals surface area contributed by atoms with E-state index in [1.807, 2.05) is 11.7 Å². The number of aryl methyl sites for hydroxylation is 1. The van der Waals surface area contributed by atoms with E-state index in [0.717, 1.165) is 11.3 Å². The summed E-state index contributed by atoms with van der Waals surface area (Å²) in [7, 11) is 1.96. The van der Waals surface area contributed by atoms with E-state index in [-0.39, 0.29) is 5.41 Å². The molecule has 0 aliphatic carbocycles. The van der Waals surface area contributed by atoms with Gasteiger partial charge in [0.05, 0.1) is 17.5 Å². The second-order valence-corrected chi connectivity index (χ2v) is 4.70. The van der Waals surface area contributed by atoms with Crippen LogP contribution >= 0.6 is 0 Å². The monoisotopic (exact) mass is 205 g/mol. The molecule has 0 bridgehead atoms. The number of hydrogen-bond donors (Lipinski definition) is 0.